The second-order valence-electron chi connectivity index (χ2n) is 3.51. The number of hydrogen-bond donors (Lipinski definition) is 1. The predicted octanol–water partition coefficient (Wildman–Crippen LogP) is 2.21. The number of aromatic amines is 1. The Bertz CT molecular complexity index is 517. The first kappa shape index (κ1) is 10.4. The van der Waals surface area contributed by atoms with Gasteiger partial charge in [-0.25, -0.2) is 4.98 Å². The first-order valence-corrected chi connectivity index (χ1v) is 4.90. The van der Waals surface area contributed by atoms with Gasteiger partial charge in [0.2, 0.25) is 0 Å². The molecule has 1 aromatic carbocycles. The number of ether oxygens (including phenoxy) is 1. The molecule has 2 rings (SSSR count). The molecule has 0 saturated carbocycles. The van der Waals surface area contributed by atoms with Gasteiger partial charge in [0, 0.05) is 0 Å². The summed E-state index contributed by atoms with van der Waals surface area (Å²) in [6, 6.07) is 5.81. The SMILES string of the molecule is COc1ccc(C)cc1-c1ncc(C=O)[nH]1. The molecule has 0 spiro atoms. The Morgan fingerprint density at radius 2 is 2.25 bits per heavy atom. The quantitative estimate of drug-likeness (QED) is 0.800. The highest BCUT2D eigenvalue weighted by Gasteiger charge is 2.09. The van der Waals surface area contributed by atoms with E-state index in [2.05, 4.69) is 9.97 Å². The zero-order valence-electron chi connectivity index (χ0n) is 9.15. The average Bonchev–Trinajstić information content (AvgIpc) is 2.77. The summed E-state index contributed by atoms with van der Waals surface area (Å²) in [7, 11) is 1.61. The maximum atomic E-state index is 10.6. The van der Waals surface area contributed by atoms with Crippen molar-refractivity contribution in [3.8, 4) is 17.1 Å². The van der Waals surface area contributed by atoms with Crippen molar-refractivity contribution in [3.63, 3.8) is 0 Å². The van der Waals surface area contributed by atoms with Gasteiger partial charge in [0.15, 0.2) is 6.29 Å². The van der Waals surface area contributed by atoms with E-state index in [1.165, 1.54) is 6.20 Å². The van der Waals surface area contributed by atoms with E-state index in [0.29, 0.717) is 11.5 Å². The minimum absolute atomic E-state index is 0.457. The highest BCUT2D eigenvalue weighted by atomic mass is 16.5. The molecule has 0 bridgehead atoms. The molecule has 0 aliphatic heterocycles. The lowest BCUT2D eigenvalue weighted by Gasteiger charge is -2.06. The average molecular weight is 216 g/mol. The van der Waals surface area contributed by atoms with Crippen LogP contribution in [0.3, 0.4) is 0 Å². The Morgan fingerprint density at radius 1 is 1.44 bits per heavy atom. The third-order valence-electron chi connectivity index (χ3n) is 2.33. The fraction of sp³-hybridized carbons (Fsp3) is 0.167. The molecular weight excluding hydrogens is 204 g/mol. The van der Waals surface area contributed by atoms with Gasteiger partial charge in [0.25, 0.3) is 0 Å². The monoisotopic (exact) mass is 216 g/mol. The minimum atomic E-state index is 0.457. The van der Waals surface area contributed by atoms with E-state index in [4.69, 9.17) is 4.74 Å². The molecule has 0 aliphatic carbocycles. The Hall–Kier alpha value is -2.10. The van der Waals surface area contributed by atoms with Gasteiger partial charge in [-0.2, -0.15) is 0 Å². The number of hydrogen-bond acceptors (Lipinski definition) is 3. The first-order valence-electron chi connectivity index (χ1n) is 4.90. The summed E-state index contributed by atoms with van der Waals surface area (Å²) in [6.45, 7) is 1.99. The van der Waals surface area contributed by atoms with Crippen LogP contribution < -0.4 is 4.74 Å². The third kappa shape index (κ3) is 1.82. The fourth-order valence-electron chi connectivity index (χ4n) is 1.54. The fourth-order valence-corrected chi connectivity index (χ4v) is 1.54. The molecule has 16 heavy (non-hydrogen) atoms. The predicted molar refractivity (Wildman–Crippen MR) is 60.7 cm³/mol. The van der Waals surface area contributed by atoms with Crippen LogP contribution >= 0.6 is 0 Å². The summed E-state index contributed by atoms with van der Waals surface area (Å²) in [6.07, 6.45) is 2.24. The number of aryl methyl sites for hydroxylation is 1. The number of carbonyl (C=O) groups is 1. The van der Waals surface area contributed by atoms with E-state index in [1.807, 2.05) is 25.1 Å². The zero-order chi connectivity index (χ0) is 11.5. The van der Waals surface area contributed by atoms with E-state index in [-0.39, 0.29) is 0 Å². The molecule has 2 aromatic rings. The van der Waals surface area contributed by atoms with E-state index in [9.17, 15) is 4.79 Å². The van der Waals surface area contributed by atoms with Gasteiger partial charge in [-0.05, 0) is 19.1 Å². The number of imidazole rings is 1. The first-order chi connectivity index (χ1) is 7.74. The van der Waals surface area contributed by atoms with Crippen molar-refractivity contribution in [2.75, 3.05) is 7.11 Å². The number of benzene rings is 1. The maximum absolute atomic E-state index is 10.6. The Kier molecular flexibility index (Phi) is 2.72. The molecule has 0 unspecified atom stereocenters. The smallest absolute Gasteiger partial charge is 0.167 e. The Morgan fingerprint density at radius 3 is 2.88 bits per heavy atom. The molecule has 1 heterocycles. The number of H-pyrrole nitrogens is 1. The molecule has 0 atom stereocenters. The Labute approximate surface area is 93.3 Å². The van der Waals surface area contributed by atoms with Crippen molar-refractivity contribution in [2.24, 2.45) is 0 Å². The van der Waals surface area contributed by atoms with Crippen LogP contribution in [0.4, 0.5) is 0 Å². The number of rotatable bonds is 3. The van der Waals surface area contributed by atoms with Gasteiger partial charge in [-0.3, -0.25) is 4.79 Å². The van der Waals surface area contributed by atoms with Crippen LogP contribution in [0.5, 0.6) is 5.75 Å². The number of aldehydes is 1. The van der Waals surface area contributed by atoms with Gasteiger partial charge >= 0.3 is 0 Å². The normalized spacial score (nSPS) is 10.1. The second-order valence-corrected chi connectivity index (χ2v) is 3.51. The van der Waals surface area contributed by atoms with Crippen LogP contribution in [0.25, 0.3) is 11.4 Å². The molecule has 0 amide bonds. The molecule has 82 valence electrons. The molecule has 0 saturated heterocycles. The maximum Gasteiger partial charge on any atom is 0.167 e. The third-order valence-corrected chi connectivity index (χ3v) is 2.33. The standard InChI is InChI=1S/C12H12N2O2/c1-8-3-4-11(16-2)10(5-8)12-13-6-9(7-15)14-12/h3-7H,1-2H3,(H,13,14). The number of nitrogens with zero attached hydrogens (tertiary/aromatic N) is 1. The van der Waals surface area contributed by atoms with Crippen molar-refractivity contribution in [3.05, 3.63) is 35.7 Å². The summed E-state index contributed by atoms with van der Waals surface area (Å²) in [4.78, 5) is 17.6. The molecular formula is C12H12N2O2. The topological polar surface area (TPSA) is 55.0 Å². The van der Waals surface area contributed by atoms with E-state index < -0.39 is 0 Å². The molecule has 0 radical (unpaired) electrons. The van der Waals surface area contributed by atoms with Crippen LogP contribution in [0.2, 0.25) is 0 Å². The molecule has 4 heteroatoms. The zero-order valence-corrected chi connectivity index (χ0v) is 9.15. The van der Waals surface area contributed by atoms with Gasteiger partial charge in [-0.15, -0.1) is 0 Å². The molecule has 4 nitrogen and oxygen atoms in total. The van der Waals surface area contributed by atoms with Gasteiger partial charge in [-0.1, -0.05) is 11.6 Å². The molecule has 0 fully saturated rings. The summed E-state index contributed by atoms with van der Waals surface area (Å²) < 4.78 is 5.25. The lowest BCUT2D eigenvalue weighted by Crippen LogP contribution is -1.90. The second kappa shape index (κ2) is 4.18. The number of aromatic nitrogens is 2. The van der Waals surface area contributed by atoms with Crippen LogP contribution in [-0.2, 0) is 0 Å². The molecule has 1 N–H and O–H groups in total. The van der Waals surface area contributed by atoms with Crippen LogP contribution in [-0.4, -0.2) is 23.4 Å². The van der Waals surface area contributed by atoms with Crippen molar-refractivity contribution >= 4 is 6.29 Å². The lowest BCUT2D eigenvalue weighted by atomic mass is 10.1. The Balaban J connectivity index is 2.53. The van der Waals surface area contributed by atoms with Crippen molar-refractivity contribution in [1.82, 2.24) is 9.97 Å². The number of carbonyl (C=O) groups excluding carboxylic acids is 1. The summed E-state index contributed by atoms with van der Waals surface area (Å²) in [5.74, 6) is 1.38. The van der Waals surface area contributed by atoms with Gasteiger partial charge in [0.1, 0.15) is 11.6 Å². The number of nitrogens with one attached hydrogen (secondary N) is 1. The minimum Gasteiger partial charge on any atom is -0.496 e. The largest absolute Gasteiger partial charge is 0.496 e. The molecule has 1 aromatic heterocycles. The lowest BCUT2D eigenvalue weighted by molar-refractivity contribution is 0.111. The number of methoxy groups -OCH3 is 1. The van der Waals surface area contributed by atoms with Crippen molar-refractivity contribution < 1.29 is 9.53 Å². The van der Waals surface area contributed by atoms with E-state index in [0.717, 1.165) is 23.2 Å². The summed E-state index contributed by atoms with van der Waals surface area (Å²) >= 11 is 0. The van der Waals surface area contributed by atoms with Gasteiger partial charge < -0.3 is 9.72 Å². The van der Waals surface area contributed by atoms with Crippen molar-refractivity contribution in [2.45, 2.75) is 6.92 Å². The van der Waals surface area contributed by atoms with E-state index >= 15 is 0 Å². The van der Waals surface area contributed by atoms with Crippen molar-refractivity contribution in [1.29, 1.82) is 0 Å². The highest BCUT2D eigenvalue weighted by Crippen LogP contribution is 2.28. The van der Waals surface area contributed by atoms with E-state index in [1.54, 1.807) is 7.11 Å². The summed E-state index contributed by atoms with van der Waals surface area (Å²) in [5.41, 5.74) is 2.43. The van der Waals surface area contributed by atoms with Crippen LogP contribution in [0.1, 0.15) is 16.1 Å². The van der Waals surface area contributed by atoms with Gasteiger partial charge in [0.05, 0.1) is 24.6 Å². The van der Waals surface area contributed by atoms with Crippen LogP contribution in [0.15, 0.2) is 24.4 Å². The van der Waals surface area contributed by atoms with Crippen LogP contribution in [0, 0.1) is 6.92 Å². The summed E-state index contributed by atoms with van der Waals surface area (Å²) in [5, 5.41) is 0. The molecule has 0 aliphatic rings. The highest BCUT2D eigenvalue weighted by molar-refractivity contribution is 5.74.